The van der Waals surface area contributed by atoms with Crippen LogP contribution in [0, 0.1) is 5.82 Å². The Hall–Kier alpha value is -3.10. The number of nitrogens with zero attached hydrogens (tertiary/aromatic N) is 2. The third kappa shape index (κ3) is 4.50. The number of halogens is 1. The number of benzene rings is 2. The van der Waals surface area contributed by atoms with Crippen LogP contribution in [0.5, 0.6) is 0 Å². The molecule has 0 spiro atoms. The van der Waals surface area contributed by atoms with Crippen LogP contribution in [0.3, 0.4) is 0 Å². The van der Waals surface area contributed by atoms with E-state index in [2.05, 4.69) is 0 Å². The fourth-order valence-corrected chi connectivity index (χ4v) is 5.35. The first-order valence-corrected chi connectivity index (χ1v) is 11.4. The van der Waals surface area contributed by atoms with Crippen LogP contribution in [-0.2, 0) is 10.0 Å². The first-order valence-electron chi connectivity index (χ1n) is 9.97. The van der Waals surface area contributed by atoms with Crippen molar-refractivity contribution in [1.29, 1.82) is 0 Å². The summed E-state index contributed by atoms with van der Waals surface area (Å²) in [7, 11) is -3.71. The number of primary amides is 1. The Morgan fingerprint density at radius 1 is 1.06 bits per heavy atom. The van der Waals surface area contributed by atoms with Gasteiger partial charge in [-0.15, -0.1) is 0 Å². The Labute approximate surface area is 180 Å². The highest BCUT2D eigenvalue weighted by molar-refractivity contribution is 7.89. The summed E-state index contributed by atoms with van der Waals surface area (Å²) in [5, 5.41) is 0. The molecule has 1 unspecified atom stereocenters. The van der Waals surface area contributed by atoms with E-state index in [0.29, 0.717) is 30.8 Å². The molecular formula is C23H22FN3O3S. The predicted octanol–water partition coefficient (Wildman–Crippen LogP) is 3.55. The van der Waals surface area contributed by atoms with Crippen molar-refractivity contribution in [3.05, 3.63) is 83.8 Å². The van der Waals surface area contributed by atoms with E-state index in [0.717, 1.165) is 29.8 Å². The van der Waals surface area contributed by atoms with Crippen LogP contribution in [-0.4, -0.2) is 36.7 Å². The summed E-state index contributed by atoms with van der Waals surface area (Å²) in [6.07, 6.45) is 1.52. The maximum absolute atomic E-state index is 13.2. The summed E-state index contributed by atoms with van der Waals surface area (Å²) in [6, 6.07) is 17.4. The lowest BCUT2D eigenvalue weighted by Crippen LogP contribution is -2.39. The highest BCUT2D eigenvalue weighted by Gasteiger charge is 2.31. The van der Waals surface area contributed by atoms with Crippen LogP contribution in [0.1, 0.15) is 34.8 Å². The predicted molar refractivity (Wildman–Crippen MR) is 115 cm³/mol. The van der Waals surface area contributed by atoms with Crippen molar-refractivity contribution in [2.45, 2.75) is 23.7 Å². The summed E-state index contributed by atoms with van der Waals surface area (Å²) in [6.45, 7) is 0.716. The van der Waals surface area contributed by atoms with E-state index in [-0.39, 0.29) is 10.8 Å². The van der Waals surface area contributed by atoms with Crippen molar-refractivity contribution in [3.8, 4) is 11.3 Å². The molecule has 2 aromatic carbocycles. The average molecular weight is 440 g/mol. The van der Waals surface area contributed by atoms with Gasteiger partial charge < -0.3 is 5.73 Å². The molecular weight excluding hydrogens is 417 g/mol. The third-order valence-corrected chi connectivity index (χ3v) is 7.35. The molecule has 1 atom stereocenters. The van der Waals surface area contributed by atoms with Gasteiger partial charge in [0.2, 0.25) is 15.9 Å². The molecule has 1 fully saturated rings. The second-order valence-corrected chi connectivity index (χ2v) is 9.49. The standard InChI is InChI=1S/C23H22FN3O3S/c24-19-9-11-20(12-10-19)31(29,30)27-13-3-6-18(15-27)22-8-2-7-21(26-22)16-4-1-5-17(14-16)23(25)28/h1-2,4-5,7-12,14,18H,3,6,13,15H2,(H2,25,28). The number of nitrogens with two attached hydrogens (primary N) is 1. The van der Waals surface area contributed by atoms with Gasteiger partial charge in [-0.25, -0.2) is 12.8 Å². The van der Waals surface area contributed by atoms with Gasteiger partial charge in [0, 0.05) is 35.8 Å². The zero-order chi connectivity index (χ0) is 22.0. The molecule has 0 radical (unpaired) electrons. The number of rotatable bonds is 5. The first kappa shape index (κ1) is 21.1. The Kier molecular flexibility index (Phi) is 5.84. The molecule has 1 amide bonds. The zero-order valence-electron chi connectivity index (χ0n) is 16.7. The molecule has 31 heavy (non-hydrogen) atoms. The number of sulfonamides is 1. The van der Waals surface area contributed by atoms with Crippen LogP contribution < -0.4 is 5.73 Å². The number of carbonyl (C=O) groups is 1. The van der Waals surface area contributed by atoms with E-state index < -0.39 is 21.7 Å². The van der Waals surface area contributed by atoms with Crippen molar-refractivity contribution in [2.24, 2.45) is 5.73 Å². The SMILES string of the molecule is NC(=O)c1cccc(-c2cccc(C3CCCN(S(=O)(=O)c4ccc(F)cc4)C3)n2)c1. The van der Waals surface area contributed by atoms with Gasteiger partial charge in [-0.1, -0.05) is 18.2 Å². The smallest absolute Gasteiger partial charge is 0.248 e. The van der Waals surface area contributed by atoms with Crippen molar-refractivity contribution in [2.75, 3.05) is 13.1 Å². The van der Waals surface area contributed by atoms with E-state index >= 15 is 0 Å². The average Bonchev–Trinajstić information content (AvgIpc) is 2.79. The van der Waals surface area contributed by atoms with Crippen molar-refractivity contribution >= 4 is 15.9 Å². The van der Waals surface area contributed by atoms with Gasteiger partial charge in [0.25, 0.3) is 0 Å². The molecule has 160 valence electrons. The molecule has 4 rings (SSSR count). The van der Waals surface area contributed by atoms with Gasteiger partial charge in [0.15, 0.2) is 0 Å². The Morgan fingerprint density at radius 2 is 1.81 bits per heavy atom. The minimum Gasteiger partial charge on any atom is -0.366 e. The molecule has 1 aliphatic rings. The minimum atomic E-state index is -3.71. The zero-order valence-corrected chi connectivity index (χ0v) is 17.6. The first-order chi connectivity index (χ1) is 14.8. The van der Waals surface area contributed by atoms with Crippen molar-refractivity contribution < 1.29 is 17.6 Å². The van der Waals surface area contributed by atoms with Gasteiger partial charge in [0.1, 0.15) is 5.82 Å². The molecule has 2 N–H and O–H groups in total. The van der Waals surface area contributed by atoms with Gasteiger partial charge in [-0.05, 0) is 61.4 Å². The molecule has 1 aromatic heterocycles. The Balaban J connectivity index is 1.59. The molecule has 3 aromatic rings. The molecule has 6 nitrogen and oxygen atoms in total. The second kappa shape index (κ2) is 8.56. The molecule has 1 aliphatic heterocycles. The number of hydrogen-bond donors (Lipinski definition) is 1. The van der Waals surface area contributed by atoms with E-state index in [1.54, 1.807) is 18.2 Å². The molecule has 0 saturated carbocycles. The summed E-state index contributed by atoms with van der Waals surface area (Å²) < 4.78 is 40.7. The molecule has 2 heterocycles. The summed E-state index contributed by atoms with van der Waals surface area (Å²) in [5.41, 5.74) is 8.03. The molecule has 0 bridgehead atoms. The molecule has 0 aliphatic carbocycles. The quantitative estimate of drug-likeness (QED) is 0.658. The number of pyridine rings is 1. The fraction of sp³-hybridized carbons (Fsp3) is 0.217. The van der Waals surface area contributed by atoms with Crippen LogP contribution in [0.25, 0.3) is 11.3 Å². The van der Waals surface area contributed by atoms with Gasteiger partial charge >= 0.3 is 0 Å². The molecule has 8 heteroatoms. The lowest BCUT2D eigenvalue weighted by Gasteiger charge is -2.31. The Bertz CT molecular complexity index is 1210. The lowest BCUT2D eigenvalue weighted by atomic mass is 9.95. The van der Waals surface area contributed by atoms with Gasteiger partial charge in [0.05, 0.1) is 10.6 Å². The van der Waals surface area contributed by atoms with E-state index in [9.17, 15) is 17.6 Å². The normalized spacial score (nSPS) is 17.4. The van der Waals surface area contributed by atoms with Crippen molar-refractivity contribution in [1.82, 2.24) is 9.29 Å². The van der Waals surface area contributed by atoms with Crippen molar-refractivity contribution in [3.63, 3.8) is 0 Å². The summed E-state index contributed by atoms with van der Waals surface area (Å²) in [5.74, 6) is -1.05. The number of piperidine rings is 1. The highest BCUT2D eigenvalue weighted by Crippen LogP contribution is 2.31. The van der Waals surface area contributed by atoms with Crippen LogP contribution in [0.4, 0.5) is 4.39 Å². The minimum absolute atomic E-state index is 0.0664. The number of aromatic nitrogens is 1. The number of carbonyl (C=O) groups excluding carboxylic acids is 1. The second-order valence-electron chi connectivity index (χ2n) is 7.55. The fourth-order valence-electron chi connectivity index (χ4n) is 3.83. The number of amides is 1. The van der Waals surface area contributed by atoms with Gasteiger partial charge in [-0.3, -0.25) is 9.78 Å². The van der Waals surface area contributed by atoms with Crippen LogP contribution >= 0.6 is 0 Å². The summed E-state index contributed by atoms with van der Waals surface area (Å²) in [4.78, 5) is 16.3. The number of hydrogen-bond acceptors (Lipinski definition) is 4. The van der Waals surface area contributed by atoms with Crippen LogP contribution in [0.2, 0.25) is 0 Å². The Morgan fingerprint density at radius 3 is 2.55 bits per heavy atom. The van der Waals surface area contributed by atoms with E-state index in [4.69, 9.17) is 10.7 Å². The monoisotopic (exact) mass is 439 g/mol. The largest absolute Gasteiger partial charge is 0.366 e. The topological polar surface area (TPSA) is 93.4 Å². The van der Waals surface area contributed by atoms with Crippen LogP contribution in [0.15, 0.2) is 71.6 Å². The third-order valence-electron chi connectivity index (χ3n) is 5.47. The summed E-state index contributed by atoms with van der Waals surface area (Å²) >= 11 is 0. The highest BCUT2D eigenvalue weighted by atomic mass is 32.2. The van der Waals surface area contributed by atoms with E-state index in [1.807, 2.05) is 24.3 Å². The molecule has 1 saturated heterocycles. The van der Waals surface area contributed by atoms with Gasteiger partial charge in [-0.2, -0.15) is 4.31 Å². The maximum atomic E-state index is 13.2. The maximum Gasteiger partial charge on any atom is 0.248 e. The lowest BCUT2D eigenvalue weighted by molar-refractivity contribution is 0.100. The van der Waals surface area contributed by atoms with E-state index in [1.165, 1.54) is 16.4 Å².